The Hall–Kier alpha value is -2.33. The zero-order valence-corrected chi connectivity index (χ0v) is 19.9. The largest absolute Gasteiger partial charge is 0.388 e. The maximum absolute atomic E-state index is 12.2. The van der Waals surface area contributed by atoms with E-state index < -0.39 is 20.4 Å². The molecule has 7 aliphatic carbocycles. The minimum absolute atomic E-state index is 0.0841. The lowest BCUT2D eigenvalue weighted by Crippen LogP contribution is -3.18. The molecule has 2 aromatic heterocycles. The van der Waals surface area contributed by atoms with Crippen molar-refractivity contribution in [3.63, 3.8) is 0 Å². The molecule has 7 aliphatic rings. The van der Waals surface area contributed by atoms with E-state index in [1.165, 1.54) is 11.3 Å². The number of aromatic nitrogens is 3. The molecule has 5 N–H and O–H groups in total. The van der Waals surface area contributed by atoms with Gasteiger partial charge in [-0.25, -0.2) is 23.5 Å². The SMILES string of the molecule is C[C@@]1(O)CCC[C@H]1Nc1nc(NC23C4C5C2C2C3C4C52S(N)(=O)=O)ncc1-c1nc(C#N)cs1. The summed E-state index contributed by atoms with van der Waals surface area (Å²) in [4.78, 5) is 13.8. The second-order valence-corrected chi connectivity index (χ2v) is 13.8. The van der Waals surface area contributed by atoms with E-state index in [1.54, 1.807) is 11.6 Å². The summed E-state index contributed by atoms with van der Waals surface area (Å²) >= 11 is 1.36. The van der Waals surface area contributed by atoms with Crippen molar-refractivity contribution in [3.8, 4) is 16.6 Å². The third-order valence-electron chi connectivity index (χ3n) is 10.2. The lowest BCUT2D eigenvalue weighted by Gasteiger charge is -3.09. The van der Waals surface area contributed by atoms with Crippen LogP contribution < -0.4 is 15.8 Å². The molecule has 0 aliphatic heterocycles. The van der Waals surface area contributed by atoms with Gasteiger partial charge in [0.1, 0.15) is 16.9 Å². The van der Waals surface area contributed by atoms with Crippen molar-refractivity contribution in [3.05, 3.63) is 17.3 Å². The van der Waals surface area contributed by atoms with E-state index in [0.717, 1.165) is 19.3 Å². The fourth-order valence-electron chi connectivity index (χ4n) is 9.14. The first kappa shape index (κ1) is 19.9. The number of primary sulfonamides is 1. The van der Waals surface area contributed by atoms with Crippen LogP contribution in [-0.4, -0.2) is 50.4 Å². The van der Waals surface area contributed by atoms with Gasteiger partial charge in [0.25, 0.3) is 0 Å². The number of sulfonamides is 1. The Bertz CT molecular complexity index is 1390. The number of nitriles is 1. The van der Waals surface area contributed by atoms with E-state index in [4.69, 9.17) is 10.1 Å². The maximum Gasteiger partial charge on any atom is 0.225 e. The molecule has 12 heteroatoms. The highest BCUT2D eigenvalue weighted by Gasteiger charge is 3.13. The summed E-state index contributed by atoms with van der Waals surface area (Å²) in [6.07, 6.45) is 4.19. The summed E-state index contributed by atoms with van der Waals surface area (Å²) in [6, 6.07) is 1.91. The van der Waals surface area contributed by atoms with E-state index in [0.29, 0.717) is 45.8 Å². The van der Waals surface area contributed by atoms with Crippen LogP contribution in [0.25, 0.3) is 10.6 Å². The highest BCUT2D eigenvalue weighted by molar-refractivity contribution is 7.90. The topological polar surface area (TPSA) is 167 Å². The summed E-state index contributed by atoms with van der Waals surface area (Å²) in [7, 11) is -3.50. The molecule has 0 radical (unpaired) electrons. The average molecular weight is 498 g/mol. The molecule has 0 saturated heterocycles. The van der Waals surface area contributed by atoms with Crippen LogP contribution in [0.1, 0.15) is 31.9 Å². The average Bonchev–Trinajstić information content (AvgIpc) is 3.39. The van der Waals surface area contributed by atoms with Crippen molar-refractivity contribution in [2.24, 2.45) is 40.6 Å². The first-order valence-corrected chi connectivity index (χ1v) is 14.1. The standard InChI is InChI=1S/C22H23N7O3S2/c1-20(30)4-2-3-10(20)27-17-9(18-26-8(5-23)7-33-18)6-25-19(28-17)29-21-11-14-12(21)16-13(21)15(11)22(14,16)34(24,31)32/h6-7,10-16,30H,2-4H2,1H3,(H2,24,31,32)(H2,25,27,28,29)/t10-,11?,12?,13?,14?,15?,16?,20-,21?,22?/m1/s1. The van der Waals surface area contributed by atoms with Gasteiger partial charge in [-0.3, -0.25) is 0 Å². The van der Waals surface area contributed by atoms with Crippen LogP contribution >= 0.6 is 11.3 Å². The second-order valence-electron chi connectivity index (χ2n) is 11.2. The fourth-order valence-corrected chi connectivity index (χ4v) is 11.9. The predicted molar refractivity (Wildman–Crippen MR) is 123 cm³/mol. The number of hydrogen-bond acceptors (Lipinski definition) is 10. The van der Waals surface area contributed by atoms with Gasteiger partial charge in [0.05, 0.1) is 27.5 Å². The monoisotopic (exact) mass is 497 g/mol. The minimum Gasteiger partial charge on any atom is -0.388 e. The molecule has 9 rings (SSSR count). The van der Waals surface area contributed by atoms with Crippen LogP contribution in [0, 0.1) is 46.8 Å². The molecule has 2 heterocycles. The molecule has 2 aromatic rings. The van der Waals surface area contributed by atoms with Crippen LogP contribution in [0.5, 0.6) is 0 Å². The molecule has 2 atom stereocenters. The third kappa shape index (κ3) is 1.79. The smallest absolute Gasteiger partial charge is 0.225 e. The van der Waals surface area contributed by atoms with Crippen LogP contribution in [0.3, 0.4) is 0 Å². The number of nitrogens with one attached hydrogen (secondary N) is 2. The van der Waals surface area contributed by atoms with Crippen molar-refractivity contribution in [1.82, 2.24) is 15.0 Å². The van der Waals surface area contributed by atoms with Gasteiger partial charge < -0.3 is 15.7 Å². The molecule has 0 unspecified atom stereocenters. The number of nitrogens with two attached hydrogens (primary N) is 1. The molecular formula is C22H23N7O3S2. The van der Waals surface area contributed by atoms with Crippen LogP contribution in [0.4, 0.5) is 11.8 Å². The van der Waals surface area contributed by atoms with E-state index in [1.807, 2.05) is 6.92 Å². The van der Waals surface area contributed by atoms with Crippen molar-refractivity contribution < 1.29 is 13.5 Å². The van der Waals surface area contributed by atoms with Crippen LogP contribution in [-0.2, 0) is 10.0 Å². The highest BCUT2D eigenvalue weighted by atomic mass is 32.2. The van der Waals surface area contributed by atoms with Gasteiger partial charge in [-0.15, -0.1) is 11.3 Å². The first-order chi connectivity index (χ1) is 16.2. The maximum atomic E-state index is 12.2. The number of hydrogen-bond donors (Lipinski definition) is 4. The molecule has 7 fully saturated rings. The minimum atomic E-state index is -3.50. The van der Waals surface area contributed by atoms with Crippen molar-refractivity contribution >= 4 is 33.1 Å². The molecule has 176 valence electrons. The highest BCUT2D eigenvalue weighted by Crippen LogP contribution is 3.05. The number of nitrogens with zero attached hydrogens (tertiary/aromatic N) is 4. The van der Waals surface area contributed by atoms with Gasteiger partial charge in [-0.1, -0.05) is 0 Å². The van der Waals surface area contributed by atoms with Gasteiger partial charge >= 0.3 is 0 Å². The van der Waals surface area contributed by atoms with Crippen molar-refractivity contribution in [1.29, 1.82) is 5.26 Å². The molecule has 34 heavy (non-hydrogen) atoms. The predicted octanol–water partition coefficient (Wildman–Crippen LogP) is 1.13. The van der Waals surface area contributed by atoms with Gasteiger partial charge in [-0.05, 0) is 61.7 Å². The number of aliphatic hydroxyl groups is 1. The third-order valence-corrected chi connectivity index (χ3v) is 12.9. The Balaban J connectivity index is 1.11. The second kappa shape index (κ2) is 5.56. The van der Waals surface area contributed by atoms with Gasteiger partial charge in [0.15, 0.2) is 5.69 Å². The quantitative estimate of drug-likeness (QED) is 0.457. The lowest BCUT2D eigenvalue weighted by atomic mass is 8.98. The zero-order chi connectivity index (χ0) is 23.4. The number of anilines is 2. The van der Waals surface area contributed by atoms with E-state index in [2.05, 4.69) is 26.7 Å². The van der Waals surface area contributed by atoms with E-state index >= 15 is 0 Å². The van der Waals surface area contributed by atoms with Crippen LogP contribution in [0.15, 0.2) is 11.6 Å². The van der Waals surface area contributed by atoms with Gasteiger partial charge in [0, 0.05) is 11.6 Å². The molecular weight excluding hydrogens is 474 g/mol. The Morgan fingerprint density at radius 1 is 1.24 bits per heavy atom. The number of rotatable bonds is 6. The molecule has 0 aromatic carbocycles. The summed E-state index contributed by atoms with van der Waals surface area (Å²) in [5.41, 5.74) is 0.120. The molecule has 0 amide bonds. The van der Waals surface area contributed by atoms with E-state index in [-0.39, 0.29) is 29.3 Å². The van der Waals surface area contributed by atoms with Crippen molar-refractivity contribution in [2.45, 2.75) is 48.1 Å². The summed E-state index contributed by atoms with van der Waals surface area (Å²) in [5.74, 6) is 2.71. The Kier molecular flexibility index (Phi) is 3.26. The van der Waals surface area contributed by atoms with Gasteiger partial charge in [-0.2, -0.15) is 10.2 Å². The molecule has 7 saturated carbocycles. The summed E-state index contributed by atoms with van der Waals surface area (Å²) < 4.78 is 23.8. The fraction of sp³-hybridized carbons (Fsp3) is 0.636. The van der Waals surface area contributed by atoms with Crippen molar-refractivity contribution in [2.75, 3.05) is 10.6 Å². The summed E-state index contributed by atoms with van der Waals surface area (Å²) in [6.45, 7) is 1.84. The normalized spacial score (nSPS) is 47.8. The Morgan fingerprint density at radius 3 is 2.50 bits per heavy atom. The lowest BCUT2D eigenvalue weighted by molar-refractivity contribution is -0.547. The van der Waals surface area contributed by atoms with E-state index in [9.17, 15) is 18.8 Å². The Labute approximate surface area is 200 Å². The molecule has 0 bridgehead atoms. The number of thiazole rings is 1. The molecule has 0 spiro atoms. The van der Waals surface area contributed by atoms with Crippen LogP contribution in [0.2, 0.25) is 0 Å². The first-order valence-electron chi connectivity index (χ1n) is 11.7. The van der Waals surface area contributed by atoms with Gasteiger partial charge in [0.2, 0.25) is 16.0 Å². The summed E-state index contributed by atoms with van der Waals surface area (Å²) in [5, 5.41) is 35.0. The Morgan fingerprint density at radius 2 is 1.94 bits per heavy atom. The molecule has 10 nitrogen and oxygen atoms in total. The zero-order valence-electron chi connectivity index (χ0n) is 18.3.